The zero-order valence-corrected chi connectivity index (χ0v) is 16.4. The molecule has 1 aromatic carbocycles. The summed E-state index contributed by atoms with van der Waals surface area (Å²) in [5.74, 6) is 0.746. The molecule has 3 N–H and O–H groups in total. The third-order valence-corrected chi connectivity index (χ3v) is 4.80. The van der Waals surface area contributed by atoms with E-state index < -0.39 is 6.10 Å². The van der Waals surface area contributed by atoms with Crippen LogP contribution < -0.4 is 15.5 Å². The van der Waals surface area contributed by atoms with E-state index in [1.807, 2.05) is 43.0 Å². The van der Waals surface area contributed by atoms with Gasteiger partial charge in [0.25, 0.3) is 0 Å². The molecule has 150 valence electrons. The number of guanidine groups is 1. The van der Waals surface area contributed by atoms with Gasteiger partial charge >= 0.3 is 0 Å². The van der Waals surface area contributed by atoms with E-state index in [1.165, 1.54) is 6.07 Å². The van der Waals surface area contributed by atoms with E-state index in [9.17, 15) is 9.50 Å². The number of aryl methyl sites for hydroxylation is 1. The second-order valence-corrected chi connectivity index (χ2v) is 7.03. The van der Waals surface area contributed by atoms with E-state index >= 15 is 0 Å². The number of hydrogen-bond acceptors (Lipinski definition) is 4. The van der Waals surface area contributed by atoms with Crippen LogP contribution in [0.1, 0.15) is 30.6 Å². The Morgan fingerprint density at radius 3 is 2.86 bits per heavy atom. The summed E-state index contributed by atoms with van der Waals surface area (Å²) in [7, 11) is 0. The van der Waals surface area contributed by atoms with Gasteiger partial charge in [0.15, 0.2) is 17.6 Å². The lowest BCUT2D eigenvalue weighted by Gasteiger charge is -2.20. The number of benzene rings is 1. The fourth-order valence-corrected chi connectivity index (χ4v) is 3.27. The van der Waals surface area contributed by atoms with Crippen LogP contribution in [0.25, 0.3) is 0 Å². The molecular weight excluding hydrogens is 357 g/mol. The van der Waals surface area contributed by atoms with E-state index in [2.05, 4.69) is 20.6 Å². The molecule has 1 aliphatic heterocycles. The van der Waals surface area contributed by atoms with Crippen molar-refractivity contribution in [2.45, 2.75) is 32.4 Å². The van der Waals surface area contributed by atoms with Crippen LogP contribution in [0.15, 0.2) is 47.6 Å². The van der Waals surface area contributed by atoms with Crippen molar-refractivity contribution in [1.82, 2.24) is 15.6 Å². The summed E-state index contributed by atoms with van der Waals surface area (Å²) in [5.41, 5.74) is 2.01. The molecule has 28 heavy (non-hydrogen) atoms. The number of hydrogen-bond donors (Lipinski definition) is 3. The van der Waals surface area contributed by atoms with E-state index in [4.69, 9.17) is 0 Å². The highest BCUT2D eigenvalue weighted by molar-refractivity contribution is 5.80. The first-order chi connectivity index (χ1) is 13.6. The minimum absolute atomic E-state index is 0.135. The number of aromatic nitrogens is 1. The molecule has 1 saturated heterocycles. The van der Waals surface area contributed by atoms with Crippen LogP contribution in [-0.4, -0.2) is 48.3 Å². The predicted molar refractivity (Wildman–Crippen MR) is 110 cm³/mol. The molecule has 1 aromatic heterocycles. The number of pyridine rings is 1. The van der Waals surface area contributed by atoms with Gasteiger partial charge in [0.2, 0.25) is 0 Å². The molecule has 7 heteroatoms. The second-order valence-electron chi connectivity index (χ2n) is 7.03. The fraction of sp³-hybridized carbons (Fsp3) is 0.429. The van der Waals surface area contributed by atoms with Gasteiger partial charge in [-0.2, -0.15) is 0 Å². The standard InChI is InChI=1S/C21H28FN5O/c1-3-23-21(25-13-19(28)16-8-6-15(2)7-9-16)26-17-10-12-27(14-17)20-18(22)5-4-11-24-20/h4-9,11,17,19,28H,3,10,12-14H2,1-2H3,(H2,23,25,26). The molecule has 3 rings (SSSR count). The summed E-state index contributed by atoms with van der Waals surface area (Å²) in [4.78, 5) is 10.6. The molecule has 1 fully saturated rings. The molecule has 0 amide bonds. The van der Waals surface area contributed by atoms with Gasteiger partial charge in [0, 0.05) is 31.9 Å². The monoisotopic (exact) mass is 385 g/mol. The minimum atomic E-state index is -0.654. The normalized spacial score (nSPS) is 18.2. The van der Waals surface area contributed by atoms with Crippen molar-refractivity contribution in [3.63, 3.8) is 0 Å². The number of rotatable bonds is 6. The Kier molecular flexibility index (Phi) is 6.81. The molecule has 2 aromatic rings. The van der Waals surface area contributed by atoms with Gasteiger partial charge in [-0.3, -0.25) is 4.99 Å². The largest absolute Gasteiger partial charge is 0.386 e. The van der Waals surface area contributed by atoms with Crippen molar-refractivity contribution in [3.05, 3.63) is 59.5 Å². The van der Waals surface area contributed by atoms with Crippen LogP contribution in [0.5, 0.6) is 0 Å². The highest BCUT2D eigenvalue weighted by atomic mass is 19.1. The molecule has 0 aliphatic carbocycles. The third-order valence-electron chi connectivity index (χ3n) is 4.80. The Balaban J connectivity index is 1.59. The lowest BCUT2D eigenvalue weighted by molar-refractivity contribution is 0.187. The summed E-state index contributed by atoms with van der Waals surface area (Å²) in [5, 5.41) is 17.0. The first kappa shape index (κ1) is 20.1. The van der Waals surface area contributed by atoms with Gasteiger partial charge in [-0.05, 0) is 38.0 Å². The van der Waals surface area contributed by atoms with E-state index in [1.54, 1.807) is 12.3 Å². The zero-order chi connectivity index (χ0) is 19.9. The SMILES string of the molecule is CCNC(=NCC(O)c1ccc(C)cc1)NC1CCN(c2ncccc2F)C1. The van der Waals surface area contributed by atoms with E-state index in [-0.39, 0.29) is 18.4 Å². The number of aliphatic hydroxyl groups excluding tert-OH is 1. The summed E-state index contributed by atoms with van der Waals surface area (Å²) < 4.78 is 14.0. The van der Waals surface area contributed by atoms with Gasteiger partial charge < -0.3 is 20.6 Å². The molecule has 6 nitrogen and oxygen atoms in total. The molecule has 2 heterocycles. The predicted octanol–water partition coefficient (Wildman–Crippen LogP) is 2.40. The summed E-state index contributed by atoms with van der Waals surface area (Å²) in [6.45, 7) is 6.39. The van der Waals surface area contributed by atoms with Gasteiger partial charge in [0.1, 0.15) is 0 Å². The van der Waals surface area contributed by atoms with Crippen molar-refractivity contribution in [1.29, 1.82) is 0 Å². The lowest BCUT2D eigenvalue weighted by Crippen LogP contribution is -2.45. The van der Waals surface area contributed by atoms with Gasteiger partial charge in [0.05, 0.1) is 12.6 Å². The highest BCUT2D eigenvalue weighted by Gasteiger charge is 2.26. The number of aliphatic hydroxyl groups is 1. The first-order valence-electron chi connectivity index (χ1n) is 9.71. The first-order valence-corrected chi connectivity index (χ1v) is 9.71. The van der Waals surface area contributed by atoms with Crippen molar-refractivity contribution in [2.24, 2.45) is 4.99 Å². The molecule has 0 saturated carbocycles. The molecule has 2 unspecified atom stereocenters. The Morgan fingerprint density at radius 2 is 2.14 bits per heavy atom. The van der Waals surface area contributed by atoms with Crippen molar-refractivity contribution in [2.75, 3.05) is 31.1 Å². The van der Waals surface area contributed by atoms with Crippen LogP contribution in [0.3, 0.4) is 0 Å². The summed E-state index contributed by atoms with van der Waals surface area (Å²) in [6.07, 6.45) is 1.82. The maximum absolute atomic E-state index is 14.0. The Morgan fingerprint density at radius 1 is 1.36 bits per heavy atom. The Bertz CT molecular complexity index is 796. The highest BCUT2D eigenvalue weighted by Crippen LogP contribution is 2.20. The van der Waals surface area contributed by atoms with Gasteiger partial charge in [-0.15, -0.1) is 0 Å². The van der Waals surface area contributed by atoms with Crippen LogP contribution >= 0.6 is 0 Å². The van der Waals surface area contributed by atoms with Crippen molar-refractivity contribution >= 4 is 11.8 Å². The summed E-state index contributed by atoms with van der Waals surface area (Å²) in [6, 6.07) is 11.0. The fourth-order valence-electron chi connectivity index (χ4n) is 3.27. The second kappa shape index (κ2) is 9.50. The van der Waals surface area contributed by atoms with Crippen LogP contribution in [0.2, 0.25) is 0 Å². The number of nitrogens with one attached hydrogen (secondary N) is 2. The topological polar surface area (TPSA) is 72.8 Å². The number of halogens is 1. The lowest BCUT2D eigenvalue weighted by atomic mass is 10.1. The minimum Gasteiger partial charge on any atom is -0.386 e. The molecule has 0 bridgehead atoms. The quantitative estimate of drug-likeness (QED) is 0.526. The molecule has 1 aliphatic rings. The third kappa shape index (κ3) is 5.19. The summed E-state index contributed by atoms with van der Waals surface area (Å²) >= 11 is 0. The average molecular weight is 385 g/mol. The van der Waals surface area contributed by atoms with Gasteiger partial charge in [-0.25, -0.2) is 9.37 Å². The molecule has 0 spiro atoms. The van der Waals surface area contributed by atoms with E-state index in [0.717, 1.165) is 30.6 Å². The number of anilines is 1. The average Bonchev–Trinajstić information content (AvgIpc) is 3.15. The number of nitrogens with zero attached hydrogens (tertiary/aromatic N) is 3. The molecule has 2 atom stereocenters. The smallest absolute Gasteiger partial charge is 0.191 e. The molecular formula is C21H28FN5O. The maximum Gasteiger partial charge on any atom is 0.191 e. The van der Waals surface area contributed by atoms with Crippen LogP contribution in [-0.2, 0) is 0 Å². The number of aliphatic imine (C=N–C) groups is 1. The Labute approximate surface area is 165 Å². The van der Waals surface area contributed by atoms with Crippen molar-refractivity contribution < 1.29 is 9.50 Å². The Hall–Kier alpha value is -2.67. The maximum atomic E-state index is 14.0. The van der Waals surface area contributed by atoms with Gasteiger partial charge in [-0.1, -0.05) is 29.8 Å². The van der Waals surface area contributed by atoms with Crippen LogP contribution in [0.4, 0.5) is 10.2 Å². The van der Waals surface area contributed by atoms with Crippen molar-refractivity contribution in [3.8, 4) is 0 Å². The molecule has 0 radical (unpaired) electrons. The van der Waals surface area contributed by atoms with E-state index in [0.29, 0.717) is 18.3 Å². The van der Waals surface area contributed by atoms with Crippen LogP contribution in [0, 0.1) is 12.7 Å². The zero-order valence-electron chi connectivity index (χ0n) is 16.4.